The molecule has 4 nitrogen and oxygen atoms in total. The van der Waals surface area contributed by atoms with Crippen molar-refractivity contribution < 1.29 is 19.4 Å². The molecule has 3 aromatic carbocycles. The Kier molecular flexibility index (Phi) is 8.11. The van der Waals surface area contributed by atoms with Crippen molar-refractivity contribution in [1.29, 1.82) is 0 Å². The maximum atomic E-state index is 11.3. The molecule has 0 aliphatic carbocycles. The second kappa shape index (κ2) is 11.1. The second-order valence-corrected chi connectivity index (χ2v) is 11.0. The molecule has 0 unspecified atom stereocenters. The zero-order chi connectivity index (χ0) is 26.7. The van der Waals surface area contributed by atoms with Gasteiger partial charge in [0.05, 0.1) is 12.2 Å². The predicted molar refractivity (Wildman–Crippen MR) is 149 cm³/mol. The lowest BCUT2D eigenvalue weighted by atomic mass is 9.74. The van der Waals surface area contributed by atoms with Crippen LogP contribution >= 0.6 is 11.6 Å². The molecule has 0 saturated carbocycles. The standard InChI is InChI=1S/C32H35ClO4/c1-20(2)26-18-27(22-10-9-13-25(33)16-22)21(3)37-31(26)28-17-24(14-15-29(28)36-19-30(34)35)32(4,5)23-11-7-6-8-12-23/h6-17,21,26-27,31H,1,18-19H2,2-5H3,(H,34,35)/t21-,26+,27-,31-/m0/s1. The van der Waals surface area contributed by atoms with Gasteiger partial charge in [0.15, 0.2) is 6.61 Å². The van der Waals surface area contributed by atoms with Gasteiger partial charge in [0, 0.05) is 27.8 Å². The summed E-state index contributed by atoms with van der Waals surface area (Å²) in [6.45, 7) is 12.4. The van der Waals surface area contributed by atoms with E-state index in [1.54, 1.807) is 0 Å². The molecule has 1 N–H and O–H groups in total. The highest BCUT2D eigenvalue weighted by Gasteiger charge is 2.40. The molecule has 194 valence electrons. The molecule has 1 aliphatic heterocycles. The van der Waals surface area contributed by atoms with Crippen LogP contribution in [0.5, 0.6) is 5.75 Å². The summed E-state index contributed by atoms with van der Waals surface area (Å²) in [7, 11) is 0. The number of halogens is 1. The highest BCUT2D eigenvalue weighted by atomic mass is 35.5. The zero-order valence-corrected chi connectivity index (χ0v) is 22.7. The number of carboxylic acid groups (broad SMARTS) is 1. The molecule has 1 fully saturated rings. The zero-order valence-electron chi connectivity index (χ0n) is 21.9. The van der Waals surface area contributed by atoms with Crippen LogP contribution in [0.1, 0.15) is 68.4 Å². The van der Waals surface area contributed by atoms with Crippen LogP contribution in [0, 0.1) is 5.92 Å². The van der Waals surface area contributed by atoms with Crippen molar-refractivity contribution in [2.45, 2.75) is 57.7 Å². The molecular formula is C32H35ClO4. The molecule has 4 rings (SSSR count). The van der Waals surface area contributed by atoms with Crippen LogP contribution in [0.15, 0.2) is 84.9 Å². The lowest BCUT2D eigenvalue weighted by molar-refractivity contribution is -0.139. The van der Waals surface area contributed by atoms with Gasteiger partial charge in [0.1, 0.15) is 5.75 Å². The van der Waals surface area contributed by atoms with Gasteiger partial charge in [-0.05, 0) is 61.2 Å². The summed E-state index contributed by atoms with van der Waals surface area (Å²) >= 11 is 6.30. The Bertz CT molecular complexity index is 1270. The number of hydrogen-bond donors (Lipinski definition) is 1. The van der Waals surface area contributed by atoms with Gasteiger partial charge in [-0.15, -0.1) is 0 Å². The smallest absolute Gasteiger partial charge is 0.341 e. The van der Waals surface area contributed by atoms with Crippen molar-refractivity contribution in [3.05, 3.63) is 112 Å². The Labute approximate surface area is 224 Å². The number of rotatable bonds is 8. The minimum absolute atomic E-state index is 0.0162. The van der Waals surface area contributed by atoms with Crippen molar-refractivity contribution >= 4 is 17.6 Å². The average molecular weight is 519 g/mol. The molecule has 37 heavy (non-hydrogen) atoms. The summed E-state index contributed by atoms with van der Waals surface area (Å²) in [6.07, 6.45) is 0.432. The third kappa shape index (κ3) is 5.92. The number of aliphatic carboxylic acids is 1. The summed E-state index contributed by atoms with van der Waals surface area (Å²) in [5, 5.41) is 10.0. The molecule has 1 heterocycles. The maximum absolute atomic E-state index is 11.3. The lowest BCUT2D eigenvalue weighted by Gasteiger charge is -2.42. The van der Waals surface area contributed by atoms with Crippen LogP contribution in [-0.2, 0) is 14.9 Å². The van der Waals surface area contributed by atoms with E-state index in [9.17, 15) is 9.90 Å². The van der Waals surface area contributed by atoms with Crippen LogP contribution in [0.25, 0.3) is 0 Å². The van der Waals surface area contributed by atoms with E-state index in [0.717, 1.165) is 28.7 Å². The normalized spacial score (nSPS) is 21.9. The number of hydrogen-bond acceptors (Lipinski definition) is 3. The number of ether oxygens (including phenoxy) is 2. The van der Waals surface area contributed by atoms with E-state index in [2.05, 4.69) is 51.6 Å². The summed E-state index contributed by atoms with van der Waals surface area (Å²) in [5.74, 6) is -0.318. The van der Waals surface area contributed by atoms with E-state index >= 15 is 0 Å². The first kappa shape index (κ1) is 27.0. The highest BCUT2D eigenvalue weighted by Crippen LogP contribution is 2.49. The Morgan fingerprint density at radius 3 is 2.46 bits per heavy atom. The van der Waals surface area contributed by atoms with Gasteiger partial charge in [-0.25, -0.2) is 4.79 Å². The molecule has 0 radical (unpaired) electrons. The molecule has 5 heteroatoms. The van der Waals surface area contributed by atoms with Crippen LogP contribution in [0.3, 0.4) is 0 Å². The van der Waals surface area contributed by atoms with Crippen LogP contribution in [0.2, 0.25) is 5.02 Å². The van der Waals surface area contributed by atoms with Crippen molar-refractivity contribution in [1.82, 2.24) is 0 Å². The van der Waals surface area contributed by atoms with E-state index in [4.69, 9.17) is 21.1 Å². The van der Waals surface area contributed by atoms with E-state index in [-0.39, 0.29) is 29.5 Å². The molecule has 1 aliphatic rings. The van der Waals surface area contributed by atoms with E-state index in [0.29, 0.717) is 10.8 Å². The first-order chi connectivity index (χ1) is 17.6. The van der Waals surface area contributed by atoms with Crippen LogP contribution in [0.4, 0.5) is 0 Å². The van der Waals surface area contributed by atoms with Gasteiger partial charge in [0.25, 0.3) is 0 Å². The molecule has 4 atom stereocenters. The third-order valence-corrected chi connectivity index (χ3v) is 7.83. The lowest BCUT2D eigenvalue weighted by Crippen LogP contribution is -2.35. The summed E-state index contributed by atoms with van der Waals surface area (Å²) in [5.41, 5.74) is 5.03. The third-order valence-electron chi connectivity index (χ3n) is 7.60. The van der Waals surface area contributed by atoms with Crippen molar-refractivity contribution in [2.75, 3.05) is 6.61 Å². The first-order valence-corrected chi connectivity index (χ1v) is 13.1. The Hall–Kier alpha value is -3.08. The summed E-state index contributed by atoms with van der Waals surface area (Å²) in [4.78, 5) is 11.3. The van der Waals surface area contributed by atoms with E-state index in [1.807, 2.05) is 55.5 Å². The number of carbonyl (C=O) groups is 1. The first-order valence-electron chi connectivity index (χ1n) is 12.7. The minimum atomic E-state index is -1.02. The molecule has 0 aromatic heterocycles. The number of carboxylic acids is 1. The minimum Gasteiger partial charge on any atom is -0.482 e. The fraction of sp³-hybridized carbons (Fsp3) is 0.344. The Morgan fingerprint density at radius 2 is 1.81 bits per heavy atom. The van der Waals surface area contributed by atoms with Crippen molar-refractivity contribution in [3.63, 3.8) is 0 Å². The van der Waals surface area contributed by atoms with Crippen molar-refractivity contribution in [2.24, 2.45) is 5.92 Å². The van der Waals surface area contributed by atoms with E-state index in [1.165, 1.54) is 5.56 Å². The molecule has 0 bridgehead atoms. The van der Waals surface area contributed by atoms with Gasteiger partial charge in [-0.2, -0.15) is 0 Å². The Balaban J connectivity index is 1.77. The maximum Gasteiger partial charge on any atom is 0.341 e. The van der Waals surface area contributed by atoms with Crippen LogP contribution < -0.4 is 4.74 Å². The Morgan fingerprint density at radius 1 is 1.08 bits per heavy atom. The number of benzene rings is 3. The molecule has 0 spiro atoms. The van der Waals surface area contributed by atoms with Gasteiger partial charge in [0.2, 0.25) is 0 Å². The van der Waals surface area contributed by atoms with Gasteiger partial charge in [-0.3, -0.25) is 0 Å². The van der Waals surface area contributed by atoms with Gasteiger partial charge >= 0.3 is 5.97 Å². The fourth-order valence-electron chi connectivity index (χ4n) is 5.36. The topological polar surface area (TPSA) is 55.8 Å². The monoisotopic (exact) mass is 518 g/mol. The largest absolute Gasteiger partial charge is 0.482 e. The quantitative estimate of drug-likeness (QED) is 0.307. The summed E-state index contributed by atoms with van der Waals surface area (Å²) < 4.78 is 12.5. The van der Waals surface area contributed by atoms with Gasteiger partial charge < -0.3 is 14.6 Å². The SMILES string of the molecule is C=C(C)[C@H]1C[C@H](c2cccc(Cl)c2)[C@H](C)O[C@@H]1c1cc(C(C)(C)c2ccccc2)ccc1OCC(=O)O. The second-order valence-electron chi connectivity index (χ2n) is 10.5. The summed E-state index contributed by atoms with van der Waals surface area (Å²) in [6, 6.07) is 24.3. The molecule has 1 saturated heterocycles. The van der Waals surface area contributed by atoms with Crippen molar-refractivity contribution in [3.8, 4) is 5.75 Å². The highest BCUT2D eigenvalue weighted by molar-refractivity contribution is 6.30. The molecular weight excluding hydrogens is 484 g/mol. The molecule has 0 amide bonds. The average Bonchev–Trinajstić information content (AvgIpc) is 2.87. The predicted octanol–water partition coefficient (Wildman–Crippen LogP) is 7.96. The molecule has 3 aromatic rings. The fourth-order valence-corrected chi connectivity index (χ4v) is 5.55. The van der Waals surface area contributed by atoms with E-state index < -0.39 is 12.6 Å². The van der Waals surface area contributed by atoms with Crippen LogP contribution in [-0.4, -0.2) is 23.8 Å². The van der Waals surface area contributed by atoms with Gasteiger partial charge in [-0.1, -0.05) is 86.1 Å².